The van der Waals surface area contributed by atoms with Crippen molar-refractivity contribution < 1.29 is 9.90 Å². The lowest BCUT2D eigenvalue weighted by Gasteiger charge is -2.00. The van der Waals surface area contributed by atoms with Crippen LogP contribution in [-0.2, 0) is 11.2 Å². The van der Waals surface area contributed by atoms with E-state index in [1.54, 1.807) is 0 Å². The third-order valence-electron chi connectivity index (χ3n) is 2.34. The summed E-state index contributed by atoms with van der Waals surface area (Å²) in [6, 6.07) is 7.63. The number of H-pyrrole nitrogens is 1. The Hall–Kier alpha value is -1.62. The quantitative estimate of drug-likeness (QED) is 0.915. The van der Waals surface area contributed by atoms with Gasteiger partial charge >= 0.3 is 5.97 Å². The molecule has 0 amide bonds. The molecule has 0 aliphatic heterocycles. The Labute approximate surface area is 107 Å². The minimum absolute atomic E-state index is 0.0494. The zero-order chi connectivity index (χ0) is 12.4. The lowest BCUT2D eigenvalue weighted by atomic mass is 10.1. The number of carboxylic acid groups (broad SMARTS) is 1. The minimum atomic E-state index is -0.869. The SMILES string of the molecule is Cc1nc(-c2ccc(Br)cc2)c(CC(=O)O)[nH]1. The number of hydrogen-bond acceptors (Lipinski definition) is 2. The number of aromatic amines is 1. The predicted octanol–water partition coefficient (Wildman–Crippen LogP) is 2.77. The summed E-state index contributed by atoms with van der Waals surface area (Å²) in [6.07, 6.45) is -0.0494. The van der Waals surface area contributed by atoms with E-state index in [1.807, 2.05) is 31.2 Å². The van der Waals surface area contributed by atoms with Crippen LogP contribution in [0.1, 0.15) is 11.5 Å². The van der Waals surface area contributed by atoms with Crippen LogP contribution in [-0.4, -0.2) is 21.0 Å². The van der Waals surface area contributed by atoms with E-state index < -0.39 is 5.97 Å². The molecule has 0 bridgehead atoms. The zero-order valence-electron chi connectivity index (χ0n) is 9.20. The van der Waals surface area contributed by atoms with E-state index in [0.29, 0.717) is 11.4 Å². The summed E-state index contributed by atoms with van der Waals surface area (Å²) in [6.45, 7) is 1.81. The van der Waals surface area contributed by atoms with Crippen molar-refractivity contribution in [1.29, 1.82) is 0 Å². The maximum absolute atomic E-state index is 10.8. The van der Waals surface area contributed by atoms with Gasteiger partial charge in [0.1, 0.15) is 5.82 Å². The second kappa shape index (κ2) is 4.71. The fourth-order valence-corrected chi connectivity index (χ4v) is 1.93. The number of halogens is 1. The number of benzene rings is 1. The van der Waals surface area contributed by atoms with Crippen molar-refractivity contribution >= 4 is 21.9 Å². The van der Waals surface area contributed by atoms with Crippen LogP contribution >= 0.6 is 15.9 Å². The first-order chi connectivity index (χ1) is 8.06. The number of rotatable bonds is 3. The van der Waals surface area contributed by atoms with Crippen molar-refractivity contribution in [3.63, 3.8) is 0 Å². The van der Waals surface area contributed by atoms with Crippen LogP contribution in [0, 0.1) is 6.92 Å². The number of aromatic nitrogens is 2. The van der Waals surface area contributed by atoms with Crippen LogP contribution in [0.4, 0.5) is 0 Å². The average Bonchev–Trinajstić information content (AvgIpc) is 2.59. The molecule has 88 valence electrons. The zero-order valence-corrected chi connectivity index (χ0v) is 10.8. The van der Waals surface area contributed by atoms with Crippen LogP contribution in [0.25, 0.3) is 11.3 Å². The number of carbonyl (C=O) groups is 1. The van der Waals surface area contributed by atoms with Crippen LogP contribution < -0.4 is 0 Å². The summed E-state index contributed by atoms with van der Waals surface area (Å²) in [5, 5.41) is 8.84. The second-order valence-corrected chi connectivity index (χ2v) is 4.64. The Balaban J connectivity index is 2.43. The van der Waals surface area contributed by atoms with Gasteiger partial charge in [-0.2, -0.15) is 0 Å². The first kappa shape index (κ1) is 11.9. The number of aryl methyl sites for hydroxylation is 1. The Morgan fingerprint density at radius 3 is 2.65 bits per heavy atom. The van der Waals surface area contributed by atoms with Gasteiger partial charge in [-0.25, -0.2) is 4.98 Å². The third kappa shape index (κ3) is 2.74. The fourth-order valence-electron chi connectivity index (χ4n) is 1.67. The predicted molar refractivity (Wildman–Crippen MR) is 67.8 cm³/mol. The number of imidazole rings is 1. The lowest BCUT2D eigenvalue weighted by molar-refractivity contribution is -0.136. The summed E-state index contributed by atoms with van der Waals surface area (Å²) >= 11 is 3.36. The second-order valence-electron chi connectivity index (χ2n) is 3.73. The van der Waals surface area contributed by atoms with Gasteiger partial charge in [0, 0.05) is 10.0 Å². The molecule has 0 aliphatic carbocycles. The molecule has 2 rings (SSSR count). The van der Waals surface area contributed by atoms with Crippen molar-refractivity contribution in [1.82, 2.24) is 9.97 Å². The van der Waals surface area contributed by atoms with E-state index in [9.17, 15) is 4.79 Å². The summed E-state index contributed by atoms with van der Waals surface area (Å²) in [5.41, 5.74) is 2.25. The molecule has 0 spiro atoms. The van der Waals surface area contributed by atoms with E-state index in [1.165, 1.54) is 0 Å². The van der Waals surface area contributed by atoms with E-state index in [4.69, 9.17) is 5.11 Å². The van der Waals surface area contributed by atoms with Crippen molar-refractivity contribution in [2.24, 2.45) is 0 Å². The normalized spacial score (nSPS) is 10.5. The van der Waals surface area contributed by atoms with Gasteiger partial charge < -0.3 is 10.1 Å². The van der Waals surface area contributed by atoms with Crippen molar-refractivity contribution in [3.8, 4) is 11.3 Å². The van der Waals surface area contributed by atoms with Crippen LogP contribution in [0.15, 0.2) is 28.7 Å². The highest BCUT2D eigenvalue weighted by Crippen LogP contribution is 2.23. The summed E-state index contributed by atoms with van der Waals surface area (Å²) in [5.74, 6) is -0.147. The molecule has 0 saturated carbocycles. The molecule has 5 heteroatoms. The van der Waals surface area contributed by atoms with Crippen LogP contribution in [0.3, 0.4) is 0 Å². The van der Waals surface area contributed by atoms with Gasteiger partial charge in [-0.1, -0.05) is 28.1 Å². The molecular formula is C12H11BrN2O2. The highest BCUT2D eigenvalue weighted by atomic mass is 79.9. The van der Waals surface area contributed by atoms with Crippen molar-refractivity contribution in [3.05, 3.63) is 40.3 Å². The largest absolute Gasteiger partial charge is 0.481 e. The van der Waals surface area contributed by atoms with Gasteiger partial charge in [0.25, 0.3) is 0 Å². The molecule has 0 unspecified atom stereocenters. The molecule has 1 aromatic carbocycles. The van der Waals surface area contributed by atoms with E-state index >= 15 is 0 Å². The van der Waals surface area contributed by atoms with Crippen molar-refractivity contribution in [2.45, 2.75) is 13.3 Å². The van der Waals surface area contributed by atoms with Gasteiger partial charge in [-0.05, 0) is 19.1 Å². The molecule has 0 saturated heterocycles. The molecule has 2 N–H and O–H groups in total. The van der Waals surface area contributed by atoms with Crippen LogP contribution in [0.5, 0.6) is 0 Å². The minimum Gasteiger partial charge on any atom is -0.481 e. The standard InChI is InChI=1S/C12H11BrN2O2/c1-7-14-10(6-11(16)17)12(15-7)8-2-4-9(13)5-3-8/h2-5H,6H2,1H3,(H,14,15)(H,16,17). The average molecular weight is 295 g/mol. The molecule has 2 aromatic rings. The number of carboxylic acids is 1. The van der Waals surface area contributed by atoms with Gasteiger partial charge in [0.05, 0.1) is 17.8 Å². The van der Waals surface area contributed by atoms with Gasteiger partial charge in [-0.15, -0.1) is 0 Å². The number of nitrogens with one attached hydrogen (secondary N) is 1. The number of hydrogen-bond donors (Lipinski definition) is 2. The fraction of sp³-hybridized carbons (Fsp3) is 0.167. The summed E-state index contributed by atoms with van der Waals surface area (Å²) in [4.78, 5) is 18.1. The maximum atomic E-state index is 10.8. The Kier molecular flexibility index (Phi) is 3.28. The van der Waals surface area contributed by atoms with Crippen LogP contribution in [0.2, 0.25) is 0 Å². The van der Waals surface area contributed by atoms with E-state index in [-0.39, 0.29) is 6.42 Å². The first-order valence-electron chi connectivity index (χ1n) is 5.09. The molecule has 0 fully saturated rings. The summed E-state index contributed by atoms with van der Waals surface area (Å²) < 4.78 is 0.980. The number of aliphatic carboxylic acids is 1. The maximum Gasteiger partial charge on any atom is 0.309 e. The topological polar surface area (TPSA) is 66.0 Å². The van der Waals surface area contributed by atoms with E-state index in [0.717, 1.165) is 15.9 Å². The summed E-state index contributed by atoms with van der Waals surface area (Å²) in [7, 11) is 0. The van der Waals surface area contributed by atoms with E-state index in [2.05, 4.69) is 25.9 Å². The highest BCUT2D eigenvalue weighted by molar-refractivity contribution is 9.10. The number of nitrogens with zero attached hydrogens (tertiary/aromatic N) is 1. The molecule has 17 heavy (non-hydrogen) atoms. The van der Waals surface area contributed by atoms with Crippen molar-refractivity contribution in [2.75, 3.05) is 0 Å². The molecule has 0 aliphatic rings. The molecule has 0 radical (unpaired) electrons. The smallest absolute Gasteiger partial charge is 0.309 e. The third-order valence-corrected chi connectivity index (χ3v) is 2.87. The molecule has 1 heterocycles. The van der Waals surface area contributed by atoms with Gasteiger partial charge in [-0.3, -0.25) is 4.79 Å². The molecule has 1 aromatic heterocycles. The Morgan fingerprint density at radius 2 is 2.06 bits per heavy atom. The Bertz CT molecular complexity index is 546. The highest BCUT2D eigenvalue weighted by Gasteiger charge is 2.13. The first-order valence-corrected chi connectivity index (χ1v) is 5.89. The Morgan fingerprint density at radius 1 is 1.41 bits per heavy atom. The molecular weight excluding hydrogens is 284 g/mol. The lowest BCUT2D eigenvalue weighted by Crippen LogP contribution is -2.01. The van der Waals surface area contributed by atoms with Gasteiger partial charge in [0.2, 0.25) is 0 Å². The van der Waals surface area contributed by atoms with Gasteiger partial charge in [0.15, 0.2) is 0 Å². The molecule has 4 nitrogen and oxygen atoms in total. The molecule has 0 atom stereocenters. The monoisotopic (exact) mass is 294 g/mol.